The van der Waals surface area contributed by atoms with E-state index in [-0.39, 0.29) is 11.8 Å². The van der Waals surface area contributed by atoms with Crippen molar-refractivity contribution in [2.75, 3.05) is 0 Å². The lowest BCUT2D eigenvalue weighted by atomic mass is 10.0. The summed E-state index contributed by atoms with van der Waals surface area (Å²) < 4.78 is 5.64. The number of nitrogens with two attached hydrogens (primary N) is 1. The number of nitrogens with zero attached hydrogens (tertiary/aromatic N) is 1. The minimum absolute atomic E-state index is 0.115. The summed E-state index contributed by atoms with van der Waals surface area (Å²) in [5.74, 6) is 1.22. The monoisotopic (exact) mass is 295 g/mol. The zero-order valence-electron chi connectivity index (χ0n) is 12.0. The summed E-state index contributed by atoms with van der Waals surface area (Å²) in [4.78, 5) is 15.8. The number of carbonyl (C=O) groups is 1. The third kappa shape index (κ3) is 3.44. The molecule has 1 aromatic carbocycles. The van der Waals surface area contributed by atoms with E-state index in [9.17, 15) is 4.79 Å². The average molecular weight is 295 g/mol. The van der Waals surface area contributed by atoms with Gasteiger partial charge in [0.2, 0.25) is 5.91 Å². The van der Waals surface area contributed by atoms with Crippen LogP contribution in [-0.4, -0.2) is 12.1 Å². The molecule has 1 aliphatic rings. The van der Waals surface area contributed by atoms with Gasteiger partial charge in [0, 0.05) is 17.5 Å². The Hall–Kier alpha value is -2.82. The summed E-state index contributed by atoms with van der Waals surface area (Å²) in [5, 5.41) is 3.84. The summed E-state index contributed by atoms with van der Waals surface area (Å²) >= 11 is 0. The summed E-state index contributed by atoms with van der Waals surface area (Å²) in [5.41, 5.74) is 6.37. The normalized spacial score (nSPS) is 17.8. The standard InChI is InChI=1S/C17H17N3O2/c18-16-7-5-12(10-19-16)6-8-17(21)20-11-14-9-13-3-1-2-4-15(13)22-14/h1-4,6-10,12H,5,11,18H2,(H,20,21)/b8-6+. The van der Waals surface area contributed by atoms with Crippen LogP contribution in [0.15, 0.2) is 63.8 Å². The van der Waals surface area contributed by atoms with Gasteiger partial charge in [-0.2, -0.15) is 0 Å². The Bertz CT molecular complexity index is 738. The molecule has 0 bridgehead atoms. The molecule has 22 heavy (non-hydrogen) atoms. The van der Waals surface area contributed by atoms with Gasteiger partial charge in [-0.05, 0) is 30.7 Å². The molecule has 1 aromatic heterocycles. The molecular formula is C17H17N3O2. The van der Waals surface area contributed by atoms with E-state index in [1.807, 2.05) is 42.5 Å². The highest BCUT2D eigenvalue weighted by atomic mass is 16.3. The van der Waals surface area contributed by atoms with E-state index >= 15 is 0 Å². The molecule has 2 aromatic rings. The molecule has 0 saturated heterocycles. The van der Waals surface area contributed by atoms with Gasteiger partial charge in [0.25, 0.3) is 0 Å². The first kappa shape index (κ1) is 14.1. The Balaban J connectivity index is 1.53. The minimum Gasteiger partial charge on any atom is -0.459 e. The molecule has 1 atom stereocenters. The number of nitrogens with one attached hydrogen (secondary N) is 1. The highest BCUT2D eigenvalue weighted by Gasteiger charge is 2.07. The predicted molar refractivity (Wildman–Crippen MR) is 86.1 cm³/mol. The van der Waals surface area contributed by atoms with Crippen molar-refractivity contribution in [1.82, 2.24) is 5.32 Å². The Morgan fingerprint density at radius 3 is 3.09 bits per heavy atom. The molecule has 2 heterocycles. The molecule has 5 heteroatoms. The number of hydrogen-bond acceptors (Lipinski definition) is 4. The zero-order valence-corrected chi connectivity index (χ0v) is 12.0. The maximum absolute atomic E-state index is 11.8. The molecule has 1 unspecified atom stereocenters. The van der Waals surface area contributed by atoms with Gasteiger partial charge < -0.3 is 15.5 Å². The Kier molecular flexibility index (Phi) is 4.05. The van der Waals surface area contributed by atoms with Crippen molar-refractivity contribution < 1.29 is 9.21 Å². The molecule has 1 amide bonds. The highest BCUT2D eigenvalue weighted by molar-refractivity contribution is 5.88. The van der Waals surface area contributed by atoms with Crippen LogP contribution in [0, 0.1) is 5.92 Å². The van der Waals surface area contributed by atoms with E-state index in [4.69, 9.17) is 10.2 Å². The fourth-order valence-corrected chi connectivity index (χ4v) is 2.25. The predicted octanol–water partition coefficient (Wildman–Crippen LogP) is 2.50. The van der Waals surface area contributed by atoms with Crippen LogP contribution < -0.4 is 11.1 Å². The van der Waals surface area contributed by atoms with Crippen molar-refractivity contribution in [1.29, 1.82) is 0 Å². The van der Waals surface area contributed by atoms with Crippen LogP contribution in [0.3, 0.4) is 0 Å². The fraction of sp³-hybridized carbons (Fsp3) is 0.176. The van der Waals surface area contributed by atoms with Crippen LogP contribution in [0.5, 0.6) is 0 Å². The third-order valence-corrected chi connectivity index (χ3v) is 3.42. The lowest BCUT2D eigenvalue weighted by Crippen LogP contribution is -2.20. The van der Waals surface area contributed by atoms with Gasteiger partial charge in [-0.25, -0.2) is 4.99 Å². The van der Waals surface area contributed by atoms with Crippen LogP contribution in [0.4, 0.5) is 0 Å². The first-order chi connectivity index (χ1) is 10.7. The molecule has 0 spiro atoms. The van der Waals surface area contributed by atoms with E-state index in [0.29, 0.717) is 12.4 Å². The number of para-hydroxylation sites is 1. The van der Waals surface area contributed by atoms with Gasteiger partial charge in [-0.15, -0.1) is 0 Å². The Morgan fingerprint density at radius 2 is 2.32 bits per heavy atom. The maximum atomic E-state index is 11.8. The molecule has 3 rings (SSSR count). The number of carbonyl (C=O) groups excluding carboxylic acids is 1. The number of furan rings is 1. The number of rotatable bonds is 4. The van der Waals surface area contributed by atoms with Crippen LogP contribution in [0.1, 0.15) is 12.2 Å². The molecule has 0 fully saturated rings. The lowest BCUT2D eigenvalue weighted by molar-refractivity contribution is -0.116. The number of allylic oxidation sites excluding steroid dienone is 2. The second-order valence-corrected chi connectivity index (χ2v) is 5.13. The summed E-state index contributed by atoms with van der Waals surface area (Å²) in [6.45, 7) is 0.365. The van der Waals surface area contributed by atoms with Crippen molar-refractivity contribution in [3.63, 3.8) is 0 Å². The first-order valence-corrected chi connectivity index (χ1v) is 7.14. The summed E-state index contributed by atoms with van der Waals surface area (Å²) in [6, 6.07) is 9.69. The Labute approximate surface area is 128 Å². The van der Waals surface area contributed by atoms with Crippen LogP contribution in [-0.2, 0) is 11.3 Å². The highest BCUT2D eigenvalue weighted by Crippen LogP contribution is 2.18. The lowest BCUT2D eigenvalue weighted by Gasteiger charge is -2.08. The molecule has 0 aliphatic carbocycles. The largest absolute Gasteiger partial charge is 0.459 e. The van der Waals surface area contributed by atoms with Crippen molar-refractivity contribution in [2.24, 2.45) is 16.6 Å². The molecule has 0 saturated carbocycles. The summed E-state index contributed by atoms with van der Waals surface area (Å²) in [7, 11) is 0. The number of aliphatic imine (C=N–C) groups is 1. The molecule has 1 aliphatic heterocycles. The number of benzene rings is 1. The molecular weight excluding hydrogens is 278 g/mol. The minimum atomic E-state index is -0.156. The number of amides is 1. The summed E-state index contributed by atoms with van der Waals surface area (Å²) in [6.07, 6.45) is 7.71. The second kappa shape index (κ2) is 6.30. The third-order valence-electron chi connectivity index (χ3n) is 3.42. The van der Waals surface area contributed by atoms with E-state index < -0.39 is 0 Å². The topological polar surface area (TPSA) is 80.6 Å². The van der Waals surface area contributed by atoms with Crippen molar-refractivity contribution in [2.45, 2.75) is 13.0 Å². The van der Waals surface area contributed by atoms with Gasteiger partial charge in [0.05, 0.1) is 6.54 Å². The SMILES string of the molecule is NC1=CCC(/C=C/C(=O)NCc2cc3ccccc3o2)C=N1. The number of hydrogen-bond donors (Lipinski definition) is 2. The van der Waals surface area contributed by atoms with E-state index in [2.05, 4.69) is 10.3 Å². The van der Waals surface area contributed by atoms with Crippen molar-refractivity contribution in [3.05, 3.63) is 60.1 Å². The first-order valence-electron chi connectivity index (χ1n) is 7.14. The van der Waals surface area contributed by atoms with E-state index in [1.165, 1.54) is 6.08 Å². The quantitative estimate of drug-likeness (QED) is 0.850. The van der Waals surface area contributed by atoms with Crippen LogP contribution in [0.25, 0.3) is 11.0 Å². The Morgan fingerprint density at radius 1 is 1.45 bits per heavy atom. The molecule has 0 radical (unpaired) electrons. The van der Waals surface area contributed by atoms with Crippen LogP contribution >= 0.6 is 0 Å². The van der Waals surface area contributed by atoms with Gasteiger partial charge in [-0.3, -0.25) is 4.79 Å². The van der Waals surface area contributed by atoms with E-state index in [1.54, 1.807) is 6.21 Å². The molecule has 3 N–H and O–H groups in total. The van der Waals surface area contributed by atoms with Gasteiger partial charge >= 0.3 is 0 Å². The molecule has 5 nitrogen and oxygen atoms in total. The van der Waals surface area contributed by atoms with Gasteiger partial charge in [0.1, 0.15) is 17.2 Å². The van der Waals surface area contributed by atoms with Gasteiger partial charge in [0.15, 0.2) is 0 Å². The van der Waals surface area contributed by atoms with Crippen molar-refractivity contribution in [3.8, 4) is 0 Å². The second-order valence-electron chi connectivity index (χ2n) is 5.13. The average Bonchev–Trinajstić information content (AvgIpc) is 2.95. The van der Waals surface area contributed by atoms with Gasteiger partial charge in [-0.1, -0.05) is 24.3 Å². The zero-order chi connectivity index (χ0) is 15.4. The number of fused-ring (bicyclic) bond motifs is 1. The maximum Gasteiger partial charge on any atom is 0.244 e. The van der Waals surface area contributed by atoms with Crippen molar-refractivity contribution >= 4 is 23.1 Å². The van der Waals surface area contributed by atoms with E-state index in [0.717, 1.165) is 23.2 Å². The fourth-order valence-electron chi connectivity index (χ4n) is 2.25. The smallest absolute Gasteiger partial charge is 0.244 e. The van der Waals surface area contributed by atoms with Crippen LogP contribution in [0.2, 0.25) is 0 Å². The molecule has 112 valence electrons.